The van der Waals surface area contributed by atoms with E-state index in [9.17, 15) is 4.79 Å². The van der Waals surface area contributed by atoms with Crippen LogP contribution < -0.4 is 4.90 Å². The monoisotopic (exact) mass is 408 g/mol. The molecule has 2 heterocycles. The molecule has 1 amide bonds. The van der Waals surface area contributed by atoms with Crippen LogP contribution in [0.15, 0.2) is 54.6 Å². The van der Waals surface area contributed by atoms with Gasteiger partial charge in [-0.25, -0.2) is 4.68 Å². The predicted octanol–water partition coefficient (Wildman–Crippen LogP) is 4.16. The van der Waals surface area contributed by atoms with Crippen molar-refractivity contribution in [2.24, 2.45) is 0 Å². The van der Waals surface area contributed by atoms with Crippen LogP contribution in [0.5, 0.6) is 0 Å². The van der Waals surface area contributed by atoms with Crippen molar-refractivity contribution >= 4 is 23.2 Å². The molecule has 3 aromatic rings. The topological polar surface area (TPSA) is 41.4 Å². The van der Waals surface area contributed by atoms with E-state index in [1.165, 1.54) is 11.3 Å². The Morgan fingerprint density at radius 1 is 0.966 bits per heavy atom. The first kappa shape index (κ1) is 19.5. The van der Waals surface area contributed by atoms with Gasteiger partial charge in [-0.1, -0.05) is 59.6 Å². The van der Waals surface area contributed by atoms with E-state index >= 15 is 0 Å². The number of amides is 1. The standard InChI is InChI=1S/C23H25ClN4O/c1-17-8-10-19(11-9-17)16-28-22(24)21(18(2)25-28)23(29)27-14-12-26(13-15-27)20-6-4-3-5-7-20/h3-11H,12-16H2,1-2H3. The highest BCUT2D eigenvalue weighted by Gasteiger charge is 2.28. The minimum Gasteiger partial charge on any atom is -0.368 e. The number of nitrogens with zero attached hydrogens (tertiary/aromatic N) is 4. The second-order valence-corrected chi connectivity index (χ2v) is 7.87. The van der Waals surface area contributed by atoms with Gasteiger partial charge in [0.05, 0.1) is 17.8 Å². The second kappa shape index (κ2) is 8.29. The van der Waals surface area contributed by atoms with E-state index in [0.717, 1.165) is 18.7 Å². The molecule has 0 unspecified atom stereocenters. The maximum Gasteiger partial charge on any atom is 0.259 e. The summed E-state index contributed by atoms with van der Waals surface area (Å²) in [6.45, 7) is 7.43. The first-order valence-electron chi connectivity index (χ1n) is 9.90. The van der Waals surface area contributed by atoms with Crippen molar-refractivity contribution in [3.63, 3.8) is 0 Å². The van der Waals surface area contributed by atoms with E-state index in [4.69, 9.17) is 11.6 Å². The van der Waals surface area contributed by atoms with E-state index in [-0.39, 0.29) is 5.91 Å². The minimum atomic E-state index is -0.0321. The average Bonchev–Trinajstić information content (AvgIpc) is 3.03. The zero-order valence-corrected chi connectivity index (χ0v) is 17.6. The van der Waals surface area contributed by atoms with E-state index in [1.54, 1.807) is 4.68 Å². The van der Waals surface area contributed by atoms with Crippen molar-refractivity contribution in [3.05, 3.63) is 82.1 Å². The van der Waals surface area contributed by atoms with Gasteiger partial charge >= 0.3 is 0 Å². The number of anilines is 1. The molecule has 29 heavy (non-hydrogen) atoms. The lowest BCUT2D eigenvalue weighted by molar-refractivity contribution is 0.0746. The minimum absolute atomic E-state index is 0.0321. The zero-order valence-electron chi connectivity index (χ0n) is 16.8. The SMILES string of the molecule is Cc1ccc(Cn2nc(C)c(C(=O)N3CCN(c4ccccc4)CC3)c2Cl)cc1. The average molecular weight is 409 g/mol. The van der Waals surface area contributed by atoms with Crippen LogP contribution in [0.2, 0.25) is 5.15 Å². The molecule has 1 aliphatic heterocycles. The third-order valence-corrected chi connectivity index (χ3v) is 5.80. The fourth-order valence-corrected chi connectivity index (χ4v) is 4.05. The van der Waals surface area contributed by atoms with Crippen molar-refractivity contribution < 1.29 is 4.79 Å². The molecule has 1 aliphatic rings. The molecule has 0 bridgehead atoms. The van der Waals surface area contributed by atoms with E-state index in [1.807, 2.05) is 30.0 Å². The van der Waals surface area contributed by atoms with Crippen LogP contribution in [0.25, 0.3) is 0 Å². The smallest absolute Gasteiger partial charge is 0.259 e. The van der Waals surface area contributed by atoms with Crippen molar-refractivity contribution in [3.8, 4) is 0 Å². The highest BCUT2D eigenvalue weighted by molar-refractivity contribution is 6.33. The van der Waals surface area contributed by atoms with Gasteiger partial charge in [0.1, 0.15) is 5.15 Å². The van der Waals surface area contributed by atoms with Crippen LogP contribution in [0.1, 0.15) is 27.2 Å². The number of para-hydroxylation sites is 1. The Bertz CT molecular complexity index is 990. The Morgan fingerprint density at radius 3 is 2.28 bits per heavy atom. The van der Waals surface area contributed by atoms with Crippen LogP contribution in [0.4, 0.5) is 5.69 Å². The van der Waals surface area contributed by atoms with Crippen molar-refractivity contribution in [1.29, 1.82) is 0 Å². The van der Waals surface area contributed by atoms with Crippen molar-refractivity contribution in [2.75, 3.05) is 31.1 Å². The van der Waals surface area contributed by atoms with Gasteiger partial charge in [0.25, 0.3) is 5.91 Å². The van der Waals surface area contributed by atoms with Crippen LogP contribution in [-0.4, -0.2) is 46.8 Å². The fraction of sp³-hybridized carbons (Fsp3) is 0.304. The molecule has 6 heteroatoms. The molecule has 5 nitrogen and oxygen atoms in total. The molecule has 4 rings (SSSR count). The Kier molecular flexibility index (Phi) is 5.58. The van der Waals surface area contributed by atoms with Gasteiger partial charge in [0.2, 0.25) is 0 Å². The summed E-state index contributed by atoms with van der Waals surface area (Å²) >= 11 is 6.59. The van der Waals surface area contributed by atoms with E-state index in [2.05, 4.69) is 53.3 Å². The van der Waals surface area contributed by atoms with Crippen LogP contribution in [0, 0.1) is 13.8 Å². The molecule has 150 valence electrons. The number of carbonyl (C=O) groups excluding carboxylic acids is 1. The summed E-state index contributed by atoms with van der Waals surface area (Å²) < 4.78 is 1.72. The Morgan fingerprint density at radius 2 is 1.62 bits per heavy atom. The molecule has 1 saturated heterocycles. The summed E-state index contributed by atoms with van der Waals surface area (Å²) in [6, 6.07) is 18.6. The normalized spacial score (nSPS) is 14.3. The second-order valence-electron chi connectivity index (χ2n) is 7.51. The summed E-state index contributed by atoms with van der Waals surface area (Å²) in [4.78, 5) is 17.3. The van der Waals surface area contributed by atoms with E-state index in [0.29, 0.717) is 36.0 Å². The maximum absolute atomic E-state index is 13.2. The van der Waals surface area contributed by atoms with Crippen LogP contribution >= 0.6 is 11.6 Å². The molecule has 1 aromatic heterocycles. The summed E-state index contributed by atoms with van der Waals surface area (Å²) in [7, 11) is 0. The lowest BCUT2D eigenvalue weighted by atomic mass is 10.1. The van der Waals surface area contributed by atoms with Crippen molar-refractivity contribution in [2.45, 2.75) is 20.4 Å². The fourth-order valence-electron chi connectivity index (χ4n) is 3.73. The summed E-state index contributed by atoms with van der Waals surface area (Å²) in [5.74, 6) is -0.0321. The summed E-state index contributed by atoms with van der Waals surface area (Å²) in [6.07, 6.45) is 0. The number of piperazine rings is 1. The number of halogens is 1. The molecule has 0 radical (unpaired) electrons. The molecule has 0 saturated carbocycles. The van der Waals surface area contributed by atoms with Gasteiger partial charge in [-0.05, 0) is 31.5 Å². The quantitative estimate of drug-likeness (QED) is 0.650. The Hall–Kier alpha value is -2.79. The maximum atomic E-state index is 13.2. The highest BCUT2D eigenvalue weighted by atomic mass is 35.5. The number of aryl methyl sites for hydroxylation is 2. The zero-order chi connectivity index (χ0) is 20.4. The molecular weight excluding hydrogens is 384 g/mol. The third kappa shape index (κ3) is 4.15. The number of hydrogen-bond acceptors (Lipinski definition) is 3. The van der Waals surface area contributed by atoms with E-state index < -0.39 is 0 Å². The highest BCUT2D eigenvalue weighted by Crippen LogP contribution is 2.24. The summed E-state index contributed by atoms with van der Waals surface area (Å²) in [5, 5.41) is 4.95. The number of benzene rings is 2. The molecule has 2 aromatic carbocycles. The van der Waals surface area contributed by atoms with Crippen LogP contribution in [0.3, 0.4) is 0 Å². The van der Waals surface area contributed by atoms with Gasteiger partial charge in [-0.2, -0.15) is 5.10 Å². The van der Waals surface area contributed by atoms with Crippen LogP contribution in [-0.2, 0) is 6.54 Å². The van der Waals surface area contributed by atoms with Crippen molar-refractivity contribution in [1.82, 2.24) is 14.7 Å². The van der Waals surface area contributed by atoms with Gasteiger partial charge in [-0.3, -0.25) is 4.79 Å². The molecule has 1 fully saturated rings. The number of hydrogen-bond donors (Lipinski definition) is 0. The predicted molar refractivity (Wildman–Crippen MR) is 117 cm³/mol. The largest absolute Gasteiger partial charge is 0.368 e. The number of rotatable bonds is 4. The first-order chi connectivity index (χ1) is 14.0. The van der Waals surface area contributed by atoms with Gasteiger partial charge in [0, 0.05) is 31.9 Å². The Labute approximate surface area is 176 Å². The lowest BCUT2D eigenvalue weighted by Crippen LogP contribution is -2.48. The first-order valence-corrected chi connectivity index (χ1v) is 10.3. The Balaban J connectivity index is 1.46. The number of aromatic nitrogens is 2. The molecular formula is C23H25ClN4O. The lowest BCUT2D eigenvalue weighted by Gasteiger charge is -2.36. The molecule has 0 spiro atoms. The molecule has 0 atom stereocenters. The number of carbonyl (C=O) groups is 1. The van der Waals surface area contributed by atoms with Gasteiger partial charge in [0.15, 0.2) is 0 Å². The third-order valence-electron chi connectivity index (χ3n) is 5.42. The molecule has 0 N–H and O–H groups in total. The van der Waals surface area contributed by atoms with Gasteiger partial charge < -0.3 is 9.80 Å². The summed E-state index contributed by atoms with van der Waals surface area (Å²) in [5.41, 5.74) is 4.71. The molecule has 0 aliphatic carbocycles. The van der Waals surface area contributed by atoms with Gasteiger partial charge in [-0.15, -0.1) is 0 Å².